The molecule has 0 amide bonds. The summed E-state index contributed by atoms with van der Waals surface area (Å²) in [5, 5.41) is 33.4. The number of aliphatic hydroxyl groups is 2. The van der Waals surface area contributed by atoms with Gasteiger partial charge in [0.05, 0.1) is 10.8 Å². The molecule has 0 unspecified atom stereocenters. The maximum Gasteiger partial charge on any atom is 0.309 e. The maximum atomic E-state index is 10.7. The van der Waals surface area contributed by atoms with Crippen molar-refractivity contribution in [3.63, 3.8) is 0 Å². The summed E-state index contributed by atoms with van der Waals surface area (Å²) < 4.78 is 0. The number of aliphatic hydroxyl groups excluding tert-OH is 2. The van der Waals surface area contributed by atoms with Crippen molar-refractivity contribution in [3.8, 4) is 0 Å². The fraction of sp³-hybridized carbons (Fsp3) is 0.895. The SMILES string of the molecule is CC1(C(=O)O)CCCCC1.CC1(C(=O)O)CCCCC1.OCCCO. The van der Waals surface area contributed by atoms with Gasteiger partial charge in [-0.3, -0.25) is 9.59 Å². The molecule has 2 fully saturated rings. The number of hydrogen-bond donors (Lipinski definition) is 4. The van der Waals surface area contributed by atoms with Crippen molar-refractivity contribution in [1.29, 1.82) is 0 Å². The molecule has 2 aliphatic carbocycles. The number of hydrogen-bond acceptors (Lipinski definition) is 4. The van der Waals surface area contributed by atoms with Crippen LogP contribution in [0.1, 0.15) is 84.5 Å². The van der Waals surface area contributed by atoms with Crippen LogP contribution in [-0.2, 0) is 9.59 Å². The Morgan fingerprint density at radius 2 is 0.960 bits per heavy atom. The quantitative estimate of drug-likeness (QED) is 0.610. The molecule has 6 heteroatoms. The molecule has 0 spiro atoms. The molecule has 2 saturated carbocycles. The van der Waals surface area contributed by atoms with Gasteiger partial charge in [-0.25, -0.2) is 0 Å². The van der Waals surface area contributed by atoms with Gasteiger partial charge in [-0.15, -0.1) is 0 Å². The summed E-state index contributed by atoms with van der Waals surface area (Å²) in [6.45, 7) is 3.90. The molecule has 0 aromatic carbocycles. The third-order valence-electron chi connectivity index (χ3n) is 5.26. The second kappa shape index (κ2) is 12.3. The fourth-order valence-electron chi connectivity index (χ4n) is 3.16. The summed E-state index contributed by atoms with van der Waals surface area (Å²) in [5.41, 5.74) is -0.809. The van der Waals surface area contributed by atoms with E-state index < -0.39 is 22.8 Å². The molecule has 0 heterocycles. The number of carboxylic acid groups (broad SMARTS) is 2. The van der Waals surface area contributed by atoms with Crippen molar-refractivity contribution in [2.45, 2.75) is 84.5 Å². The Kier molecular flexibility index (Phi) is 11.7. The van der Waals surface area contributed by atoms with Crippen molar-refractivity contribution in [3.05, 3.63) is 0 Å². The zero-order chi connectivity index (χ0) is 19.3. The number of rotatable bonds is 4. The normalized spacial score (nSPS) is 21.0. The standard InChI is InChI=1S/2C8H14O2.C3H8O2/c2*1-8(7(9)10)5-3-2-4-6-8;4-2-1-3-5/h2*2-6H2,1H3,(H,9,10);4-5H,1-3H2. The summed E-state index contributed by atoms with van der Waals surface area (Å²) in [7, 11) is 0. The molecule has 25 heavy (non-hydrogen) atoms. The lowest BCUT2D eigenvalue weighted by Gasteiger charge is -2.28. The van der Waals surface area contributed by atoms with Crippen molar-refractivity contribution in [2.75, 3.05) is 13.2 Å². The molecular formula is C19H36O6. The molecule has 0 bridgehead atoms. The summed E-state index contributed by atoms with van der Waals surface area (Å²) in [6.07, 6.45) is 10.7. The van der Waals surface area contributed by atoms with Crippen LogP contribution in [0.15, 0.2) is 0 Å². The van der Waals surface area contributed by atoms with Gasteiger partial charge in [0, 0.05) is 13.2 Å². The Hall–Kier alpha value is -1.14. The van der Waals surface area contributed by atoms with Crippen LogP contribution in [0.25, 0.3) is 0 Å². The van der Waals surface area contributed by atoms with Gasteiger partial charge in [0.15, 0.2) is 0 Å². The highest BCUT2D eigenvalue weighted by molar-refractivity contribution is 5.74. The van der Waals surface area contributed by atoms with Gasteiger partial charge in [0.2, 0.25) is 0 Å². The molecule has 4 N–H and O–H groups in total. The van der Waals surface area contributed by atoms with E-state index >= 15 is 0 Å². The molecular weight excluding hydrogens is 324 g/mol. The van der Waals surface area contributed by atoms with Crippen molar-refractivity contribution in [1.82, 2.24) is 0 Å². The summed E-state index contributed by atoms with van der Waals surface area (Å²) >= 11 is 0. The van der Waals surface area contributed by atoms with Crippen LogP contribution in [0.3, 0.4) is 0 Å². The van der Waals surface area contributed by atoms with Crippen LogP contribution in [0.2, 0.25) is 0 Å². The smallest absolute Gasteiger partial charge is 0.309 e. The van der Waals surface area contributed by atoms with Gasteiger partial charge < -0.3 is 20.4 Å². The van der Waals surface area contributed by atoms with E-state index in [0.717, 1.165) is 51.4 Å². The molecule has 2 rings (SSSR count). The fourth-order valence-corrected chi connectivity index (χ4v) is 3.16. The second-order valence-electron chi connectivity index (χ2n) is 7.65. The van der Waals surface area contributed by atoms with Gasteiger partial charge in [-0.05, 0) is 46.0 Å². The molecule has 0 saturated heterocycles. The van der Waals surface area contributed by atoms with Crippen LogP contribution in [0, 0.1) is 10.8 Å². The summed E-state index contributed by atoms with van der Waals surface area (Å²) in [5.74, 6) is -1.24. The van der Waals surface area contributed by atoms with Crippen LogP contribution in [-0.4, -0.2) is 45.6 Å². The van der Waals surface area contributed by atoms with Crippen LogP contribution in [0.4, 0.5) is 0 Å². The Bertz CT molecular complexity index is 345. The lowest BCUT2D eigenvalue weighted by Crippen LogP contribution is -2.29. The van der Waals surface area contributed by atoms with Crippen LogP contribution >= 0.6 is 0 Å². The average Bonchev–Trinajstić information content (AvgIpc) is 2.58. The van der Waals surface area contributed by atoms with Crippen LogP contribution < -0.4 is 0 Å². The zero-order valence-electron chi connectivity index (χ0n) is 15.8. The molecule has 148 valence electrons. The van der Waals surface area contributed by atoms with Gasteiger partial charge in [0.25, 0.3) is 0 Å². The first kappa shape index (κ1) is 23.9. The molecule has 2 aliphatic rings. The molecule has 6 nitrogen and oxygen atoms in total. The van der Waals surface area contributed by atoms with Crippen molar-refractivity contribution in [2.24, 2.45) is 10.8 Å². The second-order valence-corrected chi connectivity index (χ2v) is 7.65. The molecule has 0 aliphatic heterocycles. The van der Waals surface area contributed by atoms with Gasteiger partial charge >= 0.3 is 11.9 Å². The van der Waals surface area contributed by atoms with Gasteiger partial charge in [0.1, 0.15) is 0 Å². The third kappa shape index (κ3) is 9.21. The monoisotopic (exact) mass is 360 g/mol. The zero-order valence-corrected chi connectivity index (χ0v) is 15.8. The molecule has 0 aromatic rings. The highest BCUT2D eigenvalue weighted by Crippen LogP contribution is 2.36. The first-order chi connectivity index (χ1) is 11.7. The molecule has 0 atom stereocenters. The van der Waals surface area contributed by atoms with Gasteiger partial charge in [-0.2, -0.15) is 0 Å². The minimum Gasteiger partial charge on any atom is -0.481 e. The first-order valence-corrected chi connectivity index (χ1v) is 9.40. The predicted octanol–water partition coefficient (Wildman–Crippen LogP) is 3.44. The highest BCUT2D eigenvalue weighted by Gasteiger charge is 2.34. The van der Waals surface area contributed by atoms with E-state index in [1.54, 1.807) is 0 Å². The Balaban J connectivity index is 0.000000368. The van der Waals surface area contributed by atoms with Gasteiger partial charge in [-0.1, -0.05) is 38.5 Å². The number of aliphatic carboxylic acids is 2. The largest absolute Gasteiger partial charge is 0.481 e. The Morgan fingerprint density at radius 3 is 1.08 bits per heavy atom. The number of carbonyl (C=O) groups is 2. The summed E-state index contributed by atoms with van der Waals surface area (Å²) in [6, 6.07) is 0. The van der Waals surface area contributed by atoms with E-state index in [9.17, 15) is 9.59 Å². The van der Waals surface area contributed by atoms with Crippen molar-refractivity contribution < 1.29 is 30.0 Å². The molecule has 0 radical (unpaired) electrons. The van der Waals surface area contributed by atoms with E-state index in [0.29, 0.717) is 6.42 Å². The number of carboxylic acids is 2. The lowest BCUT2D eigenvalue weighted by atomic mass is 9.76. The lowest BCUT2D eigenvalue weighted by molar-refractivity contribution is -0.150. The van der Waals surface area contributed by atoms with E-state index in [1.807, 2.05) is 13.8 Å². The van der Waals surface area contributed by atoms with E-state index in [1.165, 1.54) is 12.8 Å². The summed E-state index contributed by atoms with van der Waals surface area (Å²) in [4.78, 5) is 21.4. The Labute approximate surface area is 151 Å². The topological polar surface area (TPSA) is 115 Å². The van der Waals surface area contributed by atoms with E-state index in [-0.39, 0.29) is 13.2 Å². The average molecular weight is 360 g/mol. The minimum absolute atomic E-state index is 0.0938. The maximum absolute atomic E-state index is 10.7. The minimum atomic E-state index is -0.618. The van der Waals surface area contributed by atoms with Crippen molar-refractivity contribution >= 4 is 11.9 Å². The molecule has 0 aromatic heterocycles. The van der Waals surface area contributed by atoms with Crippen LogP contribution in [0.5, 0.6) is 0 Å². The Morgan fingerprint density at radius 1 is 0.680 bits per heavy atom. The third-order valence-corrected chi connectivity index (χ3v) is 5.26. The first-order valence-electron chi connectivity index (χ1n) is 9.40. The van der Waals surface area contributed by atoms with E-state index in [4.69, 9.17) is 20.4 Å². The highest BCUT2D eigenvalue weighted by atomic mass is 16.4. The van der Waals surface area contributed by atoms with E-state index in [2.05, 4.69) is 0 Å². The predicted molar refractivity (Wildman–Crippen MR) is 96.4 cm³/mol.